The van der Waals surface area contributed by atoms with Gasteiger partial charge in [0.05, 0.1) is 25.8 Å². The van der Waals surface area contributed by atoms with E-state index in [0.717, 1.165) is 0 Å². The molecule has 5 nitrogen and oxygen atoms in total. The summed E-state index contributed by atoms with van der Waals surface area (Å²) in [7, 11) is 2.87. The van der Waals surface area contributed by atoms with Crippen molar-refractivity contribution in [3.8, 4) is 11.5 Å². The molecule has 1 atom stereocenters. The Labute approximate surface area is 145 Å². The molecule has 6 heteroatoms. The molecule has 2 rings (SSSR count). The van der Waals surface area contributed by atoms with Gasteiger partial charge < -0.3 is 14.8 Å². The fourth-order valence-electron chi connectivity index (χ4n) is 2.54. The summed E-state index contributed by atoms with van der Waals surface area (Å²) in [5.41, 5.74) is 0.828. The van der Waals surface area contributed by atoms with Crippen LogP contribution in [0.4, 0.5) is 4.39 Å². The maximum atomic E-state index is 14.3. The molecule has 0 unspecified atom stereocenters. The topological polar surface area (TPSA) is 64.6 Å². The largest absolute Gasteiger partial charge is 0.493 e. The first-order valence-electron chi connectivity index (χ1n) is 7.71. The lowest BCUT2D eigenvalue weighted by molar-refractivity contribution is 0.0926. The molecule has 0 saturated carbocycles. The lowest BCUT2D eigenvalue weighted by Gasteiger charge is -2.18. The molecule has 0 aliphatic carbocycles. The van der Waals surface area contributed by atoms with E-state index in [9.17, 15) is 14.0 Å². The number of methoxy groups -OCH3 is 2. The van der Waals surface area contributed by atoms with Crippen molar-refractivity contribution < 1.29 is 23.5 Å². The highest BCUT2D eigenvalue weighted by molar-refractivity contribution is 6.07. The van der Waals surface area contributed by atoms with E-state index in [2.05, 4.69) is 5.32 Å². The van der Waals surface area contributed by atoms with Crippen LogP contribution in [0.25, 0.3) is 0 Å². The monoisotopic (exact) mass is 345 g/mol. The van der Waals surface area contributed by atoms with Gasteiger partial charge in [0.25, 0.3) is 5.91 Å². The zero-order chi connectivity index (χ0) is 18.6. The summed E-state index contributed by atoms with van der Waals surface area (Å²) >= 11 is 0. The number of ether oxygens (including phenoxy) is 2. The number of amides is 1. The highest BCUT2D eigenvalue weighted by atomic mass is 19.1. The summed E-state index contributed by atoms with van der Waals surface area (Å²) in [6.07, 6.45) is 0. The summed E-state index contributed by atoms with van der Waals surface area (Å²) < 4.78 is 24.6. The Bertz CT molecular complexity index is 804. The molecular formula is C19H20FNO4. The molecule has 1 N–H and O–H groups in total. The number of ketones is 1. The van der Waals surface area contributed by atoms with E-state index in [1.54, 1.807) is 31.2 Å². The van der Waals surface area contributed by atoms with Crippen LogP contribution in [0, 0.1) is 5.82 Å². The second kappa shape index (κ2) is 7.79. The van der Waals surface area contributed by atoms with Crippen LogP contribution in [0.1, 0.15) is 46.2 Å². The summed E-state index contributed by atoms with van der Waals surface area (Å²) in [4.78, 5) is 24.2. The average Bonchev–Trinajstić information content (AvgIpc) is 2.61. The van der Waals surface area contributed by atoms with Crippen LogP contribution < -0.4 is 14.8 Å². The number of nitrogens with one attached hydrogen (secondary N) is 1. The minimum absolute atomic E-state index is 0.212. The predicted molar refractivity (Wildman–Crippen MR) is 91.8 cm³/mol. The van der Waals surface area contributed by atoms with Gasteiger partial charge in [-0.05, 0) is 26.0 Å². The van der Waals surface area contributed by atoms with Gasteiger partial charge in [0, 0.05) is 17.2 Å². The van der Waals surface area contributed by atoms with Crippen LogP contribution in [0.3, 0.4) is 0 Å². The fourth-order valence-corrected chi connectivity index (χ4v) is 2.54. The molecule has 25 heavy (non-hydrogen) atoms. The Hall–Kier alpha value is -2.89. The fraction of sp³-hybridized carbons (Fsp3) is 0.263. The third-order valence-electron chi connectivity index (χ3n) is 3.87. The third kappa shape index (κ3) is 3.96. The number of hydrogen-bond donors (Lipinski definition) is 1. The molecule has 0 heterocycles. The summed E-state index contributed by atoms with van der Waals surface area (Å²) in [5.74, 6) is -0.554. The molecule has 0 saturated heterocycles. The number of hydrogen-bond acceptors (Lipinski definition) is 4. The van der Waals surface area contributed by atoms with E-state index in [1.807, 2.05) is 0 Å². The number of carbonyl (C=O) groups is 2. The first kappa shape index (κ1) is 18.4. The van der Waals surface area contributed by atoms with Crippen LogP contribution in [0.15, 0.2) is 36.4 Å². The highest BCUT2D eigenvalue weighted by Gasteiger charge is 2.20. The molecule has 2 aromatic rings. The van der Waals surface area contributed by atoms with Gasteiger partial charge in [-0.1, -0.05) is 18.2 Å². The maximum Gasteiger partial charge on any atom is 0.252 e. The normalized spacial score (nSPS) is 11.6. The number of carbonyl (C=O) groups excluding carboxylic acids is 2. The molecule has 0 fully saturated rings. The van der Waals surface area contributed by atoms with Crippen molar-refractivity contribution in [1.29, 1.82) is 0 Å². The van der Waals surface area contributed by atoms with Gasteiger partial charge in [0.2, 0.25) is 0 Å². The van der Waals surface area contributed by atoms with Gasteiger partial charge in [0.1, 0.15) is 5.82 Å². The lowest BCUT2D eigenvalue weighted by atomic mass is 10.0. The minimum Gasteiger partial charge on any atom is -0.493 e. The molecule has 0 aliphatic rings. The molecule has 2 aromatic carbocycles. The zero-order valence-corrected chi connectivity index (χ0v) is 14.6. The quantitative estimate of drug-likeness (QED) is 0.814. The minimum atomic E-state index is -0.632. The first-order chi connectivity index (χ1) is 11.9. The van der Waals surface area contributed by atoms with E-state index in [1.165, 1.54) is 33.3 Å². The summed E-state index contributed by atoms with van der Waals surface area (Å²) in [6, 6.07) is 8.56. The number of rotatable bonds is 6. The van der Waals surface area contributed by atoms with Crippen LogP contribution >= 0.6 is 0 Å². The Balaban J connectivity index is 2.30. The smallest absolute Gasteiger partial charge is 0.252 e. The second-order valence-electron chi connectivity index (χ2n) is 5.53. The van der Waals surface area contributed by atoms with Gasteiger partial charge in [-0.3, -0.25) is 9.59 Å². The number of halogens is 1. The lowest BCUT2D eigenvalue weighted by Crippen LogP contribution is -2.28. The standard InChI is InChI=1S/C19H20FNO4/c1-11(15-9-17(24-3)18(25-4)10-16(15)20)21-19(23)14-8-6-5-7-13(14)12(2)22/h5-11H,1-4H3,(H,21,23)/t11-/m0/s1. The van der Waals surface area contributed by atoms with Gasteiger partial charge in [-0.25, -0.2) is 4.39 Å². The first-order valence-corrected chi connectivity index (χ1v) is 7.71. The van der Waals surface area contributed by atoms with Crippen molar-refractivity contribution in [3.63, 3.8) is 0 Å². The van der Waals surface area contributed by atoms with Crippen molar-refractivity contribution >= 4 is 11.7 Å². The van der Waals surface area contributed by atoms with Crippen molar-refractivity contribution in [3.05, 3.63) is 58.9 Å². The van der Waals surface area contributed by atoms with Crippen molar-refractivity contribution in [2.45, 2.75) is 19.9 Å². The molecule has 0 radical (unpaired) electrons. The summed E-state index contributed by atoms with van der Waals surface area (Å²) in [5, 5.41) is 2.71. The van der Waals surface area contributed by atoms with Gasteiger partial charge in [-0.15, -0.1) is 0 Å². The van der Waals surface area contributed by atoms with Crippen LogP contribution in [-0.2, 0) is 0 Å². The second-order valence-corrected chi connectivity index (χ2v) is 5.53. The SMILES string of the molecule is COc1cc(F)c([C@H](C)NC(=O)c2ccccc2C(C)=O)cc1OC. The third-order valence-corrected chi connectivity index (χ3v) is 3.87. The Morgan fingerprint density at radius 3 is 2.16 bits per heavy atom. The van der Waals surface area contributed by atoms with Gasteiger partial charge in [-0.2, -0.15) is 0 Å². The van der Waals surface area contributed by atoms with Crippen LogP contribution in [0.5, 0.6) is 11.5 Å². The van der Waals surface area contributed by atoms with Crippen molar-refractivity contribution in [2.75, 3.05) is 14.2 Å². The van der Waals surface area contributed by atoms with E-state index in [0.29, 0.717) is 11.3 Å². The molecular weight excluding hydrogens is 325 g/mol. The molecule has 0 aliphatic heterocycles. The van der Waals surface area contributed by atoms with E-state index in [4.69, 9.17) is 9.47 Å². The maximum absolute atomic E-state index is 14.3. The highest BCUT2D eigenvalue weighted by Crippen LogP contribution is 2.32. The van der Waals surface area contributed by atoms with Crippen molar-refractivity contribution in [1.82, 2.24) is 5.32 Å². The molecule has 1 amide bonds. The van der Waals surface area contributed by atoms with Crippen LogP contribution in [0.2, 0.25) is 0 Å². The Morgan fingerprint density at radius 1 is 1.04 bits per heavy atom. The average molecular weight is 345 g/mol. The predicted octanol–water partition coefficient (Wildman–Crippen LogP) is 3.54. The summed E-state index contributed by atoms with van der Waals surface area (Å²) in [6.45, 7) is 3.04. The Morgan fingerprint density at radius 2 is 1.60 bits per heavy atom. The van der Waals surface area contributed by atoms with Crippen LogP contribution in [-0.4, -0.2) is 25.9 Å². The zero-order valence-electron chi connectivity index (χ0n) is 14.6. The van der Waals surface area contributed by atoms with Gasteiger partial charge >= 0.3 is 0 Å². The molecule has 132 valence electrons. The molecule has 0 bridgehead atoms. The Kier molecular flexibility index (Phi) is 5.75. The molecule has 0 aromatic heterocycles. The number of benzene rings is 2. The van der Waals surface area contributed by atoms with E-state index >= 15 is 0 Å². The van der Waals surface area contributed by atoms with E-state index in [-0.39, 0.29) is 22.7 Å². The van der Waals surface area contributed by atoms with Crippen molar-refractivity contribution in [2.24, 2.45) is 0 Å². The van der Waals surface area contributed by atoms with E-state index < -0.39 is 17.8 Å². The van der Waals surface area contributed by atoms with Gasteiger partial charge in [0.15, 0.2) is 17.3 Å². The molecule has 0 spiro atoms. The number of Topliss-reactive ketones (excluding diaryl/α,β-unsaturated/α-hetero) is 1.